The molecule has 5 nitrogen and oxygen atoms in total. The summed E-state index contributed by atoms with van der Waals surface area (Å²) in [5.41, 5.74) is -0.541. The molecule has 146 valence electrons. The van der Waals surface area contributed by atoms with Crippen molar-refractivity contribution in [3.8, 4) is 23.0 Å². The van der Waals surface area contributed by atoms with Crippen molar-refractivity contribution in [2.75, 3.05) is 0 Å². The maximum absolute atomic E-state index is 12.9. The van der Waals surface area contributed by atoms with Crippen LogP contribution in [0, 0.1) is 0 Å². The molecule has 1 atom stereocenters. The number of rotatable bonds is 0. The maximum atomic E-state index is 12.9. The minimum Gasteiger partial charge on any atom is -0.508 e. The zero-order valence-corrected chi connectivity index (χ0v) is 17.1. The second-order valence-corrected chi connectivity index (χ2v) is 8.13. The average molecular weight is 470 g/mol. The molecule has 1 unspecified atom stereocenters. The molecule has 2 aliphatic heterocycles. The molecule has 0 saturated heterocycles. The quantitative estimate of drug-likeness (QED) is 0.379. The Kier molecular flexibility index (Phi) is 3.93. The van der Waals surface area contributed by atoms with Crippen LogP contribution in [0.5, 0.6) is 23.0 Å². The van der Waals surface area contributed by atoms with Gasteiger partial charge in [-0.1, -0.05) is 46.4 Å². The van der Waals surface area contributed by atoms with E-state index in [-0.39, 0.29) is 48.5 Å². The van der Waals surface area contributed by atoms with Gasteiger partial charge in [0, 0.05) is 22.2 Å². The highest BCUT2D eigenvalue weighted by molar-refractivity contribution is 6.39. The van der Waals surface area contributed by atoms with Crippen LogP contribution in [0.2, 0.25) is 20.1 Å². The monoisotopic (exact) mass is 468 g/mol. The van der Waals surface area contributed by atoms with Crippen LogP contribution in [0.4, 0.5) is 0 Å². The Labute approximate surface area is 183 Å². The van der Waals surface area contributed by atoms with Crippen LogP contribution in [0.3, 0.4) is 0 Å². The molecule has 0 aromatic heterocycles. The van der Waals surface area contributed by atoms with Crippen molar-refractivity contribution in [2.24, 2.45) is 0 Å². The SMILES string of the molecule is O=C1OC2(c3ccc(O)cc3Oc3c2cc(Cl)c(O)c3Cl)c2c(Cl)ccc(Cl)c21. The van der Waals surface area contributed by atoms with Crippen LogP contribution < -0.4 is 4.74 Å². The Morgan fingerprint density at radius 2 is 1.59 bits per heavy atom. The molecule has 2 N–H and O–H groups in total. The number of halogens is 4. The number of benzene rings is 3. The van der Waals surface area contributed by atoms with Crippen LogP contribution >= 0.6 is 46.4 Å². The van der Waals surface area contributed by atoms with E-state index in [1.165, 1.54) is 24.3 Å². The molecule has 1 spiro atoms. The summed E-state index contributed by atoms with van der Waals surface area (Å²) in [7, 11) is 0. The van der Waals surface area contributed by atoms with Crippen molar-refractivity contribution in [1.82, 2.24) is 0 Å². The van der Waals surface area contributed by atoms with E-state index in [0.29, 0.717) is 11.1 Å². The van der Waals surface area contributed by atoms with E-state index >= 15 is 0 Å². The second kappa shape index (κ2) is 6.09. The van der Waals surface area contributed by atoms with Crippen molar-refractivity contribution in [2.45, 2.75) is 5.60 Å². The minimum absolute atomic E-state index is 0.0170. The van der Waals surface area contributed by atoms with Gasteiger partial charge in [-0.3, -0.25) is 0 Å². The van der Waals surface area contributed by atoms with Gasteiger partial charge >= 0.3 is 5.97 Å². The molecule has 9 heteroatoms. The lowest BCUT2D eigenvalue weighted by Crippen LogP contribution is -2.33. The van der Waals surface area contributed by atoms with Crippen LogP contribution in [0.25, 0.3) is 0 Å². The number of hydrogen-bond acceptors (Lipinski definition) is 5. The first-order valence-electron chi connectivity index (χ1n) is 8.20. The Morgan fingerprint density at radius 3 is 2.34 bits per heavy atom. The smallest absolute Gasteiger partial charge is 0.341 e. The molecule has 0 bridgehead atoms. The normalized spacial score (nSPS) is 18.7. The molecule has 2 heterocycles. The predicted octanol–water partition coefficient (Wildman–Crippen LogP) is 6.28. The molecule has 5 rings (SSSR count). The lowest BCUT2D eigenvalue weighted by atomic mass is 9.77. The van der Waals surface area contributed by atoms with Crippen LogP contribution in [0.1, 0.15) is 27.0 Å². The predicted molar refractivity (Wildman–Crippen MR) is 108 cm³/mol. The standard InChI is InChI=1S/C20H8Cl4O5/c21-10-3-4-11(22)15-14(10)19(27)29-20(15)8-2-1-7(25)5-13(8)28-18-9(20)6-12(23)17(26)16(18)24/h1-6,25-26H. The molecule has 0 saturated carbocycles. The Morgan fingerprint density at radius 1 is 0.862 bits per heavy atom. The van der Waals surface area contributed by atoms with E-state index in [0.717, 1.165) is 0 Å². The van der Waals surface area contributed by atoms with Gasteiger partial charge in [-0.05, 0) is 30.3 Å². The van der Waals surface area contributed by atoms with E-state index in [4.69, 9.17) is 55.9 Å². The Balaban J connectivity index is 1.99. The van der Waals surface area contributed by atoms with E-state index < -0.39 is 17.3 Å². The summed E-state index contributed by atoms with van der Waals surface area (Å²) in [5, 5.41) is 20.3. The third-order valence-corrected chi connectivity index (χ3v) is 6.26. The third-order valence-electron chi connectivity index (χ3n) is 4.99. The summed E-state index contributed by atoms with van der Waals surface area (Å²) in [6.07, 6.45) is 0. The van der Waals surface area contributed by atoms with Gasteiger partial charge in [0.1, 0.15) is 16.5 Å². The van der Waals surface area contributed by atoms with Gasteiger partial charge in [0.2, 0.25) is 0 Å². The largest absolute Gasteiger partial charge is 0.508 e. The van der Waals surface area contributed by atoms with E-state index in [9.17, 15) is 15.0 Å². The van der Waals surface area contributed by atoms with Crippen molar-refractivity contribution in [1.29, 1.82) is 0 Å². The highest BCUT2D eigenvalue weighted by Gasteiger charge is 2.56. The summed E-state index contributed by atoms with van der Waals surface area (Å²) in [4.78, 5) is 12.9. The lowest BCUT2D eigenvalue weighted by Gasteiger charge is -2.37. The summed E-state index contributed by atoms with van der Waals surface area (Å²) in [5.74, 6) is -0.994. The molecule has 0 radical (unpaired) electrons. The fraction of sp³-hybridized carbons (Fsp3) is 0.0500. The third kappa shape index (κ3) is 2.33. The highest BCUT2D eigenvalue weighted by Crippen LogP contribution is 2.61. The van der Waals surface area contributed by atoms with Gasteiger partial charge < -0.3 is 19.7 Å². The van der Waals surface area contributed by atoms with Crippen LogP contribution in [-0.4, -0.2) is 16.2 Å². The topological polar surface area (TPSA) is 76.0 Å². The highest BCUT2D eigenvalue weighted by atomic mass is 35.5. The summed E-state index contributed by atoms with van der Waals surface area (Å²) >= 11 is 25.3. The first-order valence-corrected chi connectivity index (χ1v) is 9.71. The van der Waals surface area contributed by atoms with Gasteiger partial charge in [0.15, 0.2) is 17.1 Å². The summed E-state index contributed by atoms with van der Waals surface area (Å²) < 4.78 is 11.8. The van der Waals surface area contributed by atoms with Crippen molar-refractivity contribution < 1.29 is 24.5 Å². The average Bonchev–Trinajstić information content (AvgIpc) is 2.99. The zero-order valence-electron chi connectivity index (χ0n) is 14.1. The number of phenols is 2. The summed E-state index contributed by atoms with van der Waals surface area (Å²) in [6, 6.07) is 8.74. The molecule has 0 fully saturated rings. The molecule has 29 heavy (non-hydrogen) atoms. The molecule has 3 aromatic rings. The van der Waals surface area contributed by atoms with Crippen molar-refractivity contribution in [3.63, 3.8) is 0 Å². The first kappa shape index (κ1) is 18.7. The molecular weight excluding hydrogens is 462 g/mol. The molecule has 0 amide bonds. The lowest BCUT2D eigenvalue weighted by molar-refractivity contribution is 0.0224. The molecular formula is C20H8Cl4O5. The number of carbonyl (C=O) groups is 1. The van der Waals surface area contributed by atoms with Crippen molar-refractivity contribution in [3.05, 3.63) is 78.7 Å². The van der Waals surface area contributed by atoms with Crippen LogP contribution in [0.15, 0.2) is 36.4 Å². The molecule has 3 aromatic carbocycles. The Hall–Kier alpha value is -2.31. The van der Waals surface area contributed by atoms with Gasteiger partial charge in [-0.15, -0.1) is 0 Å². The first-order chi connectivity index (χ1) is 13.8. The molecule has 2 aliphatic rings. The maximum Gasteiger partial charge on any atom is 0.341 e. The fourth-order valence-electron chi connectivity index (χ4n) is 3.81. The number of phenolic OH excluding ortho intramolecular Hbond substituents is 2. The minimum atomic E-state index is -1.59. The zero-order chi connectivity index (χ0) is 20.7. The number of ether oxygens (including phenoxy) is 2. The summed E-state index contributed by atoms with van der Waals surface area (Å²) in [6.45, 7) is 0. The van der Waals surface area contributed by atoms with E-state index in [1.807, 2.05) is 0 Å². The van der Waals surface area contributed by atoms with Crippen LogP contribution in [-0.2, 0) is 10.3 Å². The van der Waals surface area contributed by atoms with E-state index in [2.05, 4.69) is 0 Å². The van der Waals surface area contributed by atoms with Gasteiger partial charge in [0.25, 0.3) is 0 Å². The van der Waals surface area contributed by atoms with Crippen molar-refractivity contribution >= 4 is 52.4 Å². The number of carbonyl (C=O) groups excluding carboxylic acids is 1. The van der Waals surface area contributed by atoms with Gasteiger partial charge in [0.05, 0.1) is 21.2 Å². The number of fused-ring (bicyclic) bond motifs is 6. The number of hydrogen-bond donors (Lipinski definition) is 2. The van der Waals surface area contributed by atoms with Gasteiger partial charge in [-0.25, -0.2) is 4.79 Å². The second-order valence-electron chi connectivity index (χ2n) is 6.53. The molecule has 0 aliphatic carbocycles. The Bertz CT molecular complexity index is 1260. The number of aromatic hydroxyl groups is 2. The fourth-order valence-corrected chi connectivity index (χ4v) is 4.83. The van der Waals surface area contributed by atoms with E-state index in [1.54, 1.807) is 12.1 Å². The number of esters is 1. The van der Waals surface area contributed by atoms with Gasteiger partial charge in [-0.2, -0.15) is 0 Å².